The molecule has 0 saturated heterocycles. The minimum atomic E-state index is -4.65. The largest absolute Gasteiger partial charge is 0.476 e. The molecule has 1 aliphatic carbocycles. The van der Waals surface area contributed by atoms with E-state index in [9.17, 15) is 41.8 Å². The van der Waals surface area contributed by atoms with E-state index in [1.165, 1.54) is 35.7 Å². The van der Waals surface area contributed by atoms with E-state index in [2.05, 4.69) is 25.9 Å². The Bertz CT molecular complexity index is 1980. The first-order chi connectivity index (χ1) is 24.6. The molecule has 5 rings (SSSR count). The van der Waals surface area contributed by atoms with Crippen LogP contribution in [0.5, 0.6) is 0 Å². The third kappa shape index (κ3) is 7.98. The van der Waals surface area contributed by atoms with E-state index in [0.29, 0.717) is 29.1 Å². The van der Waals surface area contributed by atoms with Gasteiger partial charge in [0, 0.05) is 22.9 Å². The van der Waals surface area contributed by atoms with Crippen LogP contribution in [0, 0.1) is 17.7 Å². The van der Waals surface area contributed by atoms with E-state index in [4.69, 9.17) is 0 Å². The van der Waals surface area contributed by atoms with Crippen LogP contribution in [0.25, 0.3) is 10.9 Å². The highest BCUT2D eigenvalue weighted by atomic mass is 32.1. The SMILES string of the molecule is CC[C@H](C)[C@H](NC(=O)Cc1ccccc1F)C(=O)N[C@@]1(C(=O)N[C@H](c2nc(C(=O)O)cs2)[C@@H](C)CC)CCc2[nH]c3c(C(F)(F)F)cccc3c2C1. The zero-order valence-corrected chi connectivity index (χ0v) is 29.9. The number of fused-ring (bicyclic) bond motifs is 3. The number of benzene rings is 2. The van der Waals surface area contributed by atoms with Gasteiger partial charge in [-0.05, 0) is 47.9 Å². The van der Waals surface area contributed by atoms with Gasteiger partial charge in [0.15, 0.2) is 5.69 Å². The predicted octanol–water partition coefficient (Wildman–Crippen LogP) is 6.50. The number of aromatic nitrogens is 2. The normalized spacial score (nSPS) is 18.2. The van der Waals surface area contributed by atoms with Gasteiger partial charge in [0.05, 0.1) is 23.5 Å². The molecule has 5 N–H and O–H groups in total. The van der Waals surface area contributed by atoms with Gasteiger partial charge in [-0.25, -0.2) is 14.2 Å². The number of aromatic carboxylic acids is 1. The molecule has 10 nitrogen and oxygen atoms in total. The minimum absolute atomic E-state index is 0.00633. The van der Waals surface area contributed by atoms with Gasteiger partial charge in [-0.1, -0.05) is 70.9 Å². The van der Waals surface area contributed by atoms with Gasteiger partial charge in [0.1, 0.15) is 22.4 Å². The average molecular weight is 744 g/mol. The predicted molar refractivity (Wildman–Crippen MR) is 187 cm³/mol. The Labute approximate surface area is 301 Å². The highest BCUT2D eigenvalue weighted by Gasteiger charge is 2.47. The first kappa shape index (κ1) is 38.4. The maximum absolute atomic E-state index is 14.7. The number of halogens is 4. The smallest absolute Gasteiger partial charge is 0.418 e. The molecular formula is C37H41F4N5O5S. The Morgan fingerprint density at radius 2 is 1.73 bits per heavy atom. The second kappa shape index (κ2) is 15.4. The van der Waals surface area contributed by atoms with Crippen molar-refractivity contribution in [2.45, 2.75) is 90.0 Å². The minimum Gasteiger partial charge on any atom is -0.476 e. The molecule has 0 radical (unpaired) electrons. The van der Waals surface area contributed by atoms with Gasteiger partial charge in [-0.15, -0.1) is 11.3 Å². The van der Waals surface area contributed by atoms with Crippen LogP contribution in [-0.2, 0) is 39.8 Å². The zero-order valence-electron chi connectivity index (χ0n) is 29.1. The topological polar surface area (TPSA) is 153 Å². The molecule has 2 aromatic carbocycles. The van der Waals surface area contributed by atoms with Crippen LogP contribution in [0.1, 0.15) is 90.9 Å². The molecule has 0 spiro atoms. The number of para-hydroxylation sites is 1. The van der Waals surface area contributed by atoms with Gasteiger partial charge in [0.2, 0.25) is 17.7 Å². The van der Waals surface area contributed by atoms with E-state index < -0.39 is 64.8 Å². The van der Waals surface area contributed by atoms with Gasteiger partial charge in [-0.2, -0.15) is 13.2 Å². The average Bonchev–Trinajstić information content (AvgIpc) is 3.74. The molecule has 5 atom stereocenters. The standard InChI is InChI=1S/C37H41F4N5O5S/c1-5-19(3)29(44-28(47)16-21-10-7-8-13-25(21)38)32(48)46-36(35(51)45-30(20(4)6-2)33-43-27(18-52-33)34(49)50)15-14-26-23(17-36)22-11-9-12-24(31(22)42-26)37(39,40)41/h7-13,18-20,29-30,42H,5-6,14-17H2,1-4H3,(H,44,47)(H,45,51)(H,46,48)(H,49,50)/t19-,20-,29-,30-,36-/m0/s1. The van der Waals surface area contributed by atoms with Crippen LogP contribution in [0.4, 0.5) is 17.6 Å². The Balaban J connectivity index is 1.53. The van der Waals surface area contributed by atoms with E-state index in [1.54, 1.807) is 13.0 Å². The Hall–Kier alpha value is -4.79. The van der Waals surface area contributed by atoms with E-state index in [0.717, 1.165) is 17.4 Å². The number of H-pyrrole nitrogens is 1. The number of hydrogen-bond acceptors (Lipinski definition) is 6. The monoisotopic (exact) mass is 743 g/mol. The number of carbonyl (C=O) groups is 4. The van der Waals surface area contributed by atoms with Crippen LogP contribution in [0.15, 0.2) is 47.8 Å². The molecule has 0 bridgehead atoms. The van der Waals surface area contributed by atoms with Crippen molar-refractivity contribution >= 4 is 45.9 Å². The second-order valence-corrected chi connectivity index (χ2v) is 14.4. The van der Waals surface area contributed by atoms with Crippen LogP contribution in [0.2, 0.25) is 0 Å². The number of aryl methyl sites for hydroxylation is 1. The number of alkyl halides is 3. The van der Waals surface area contributed by atoms with E-state index >= 15 is 0 Å². The van der Waals surface area contributed by atoms with E-state index in [1.807, 2.05) is 20.8 Å². The highest BCUT2D eigenvalue weighted by molar-refractivity contribution is 7.09. The molecule has 0 unspecified atom stereocenters. The number of amides is 3. The van der Waals surface area contributed by atoms with Crippen molar-refractivity contribution in [3.63, 3.8) is 0 Å². The van der Waals surface area contributed by atoms with Crippen molar-refractivity contribution < 1.29 is 41.8 Å². The zero-order chi connectivity index (χ0) is 38.0. The summed E-state index contributed by atoms with van der Waals surface area (Å²) >= 11 is 1.07. The van der Waals surface area contributed by atoms with Gasteiger partial charge in [0.25, 0.3) is 0 Å². The van der Waals surface area contributed by atoms with Gasteiger partial charge < -0.3 is 26.0 Å². The third-order valence-corrected chi connectivity index (χ3v) is 11.0. The van der Waals surface area contributed by atoms with Crippen molar-refractivity contribution in [1.29, 1.82) is 0 Å². The fourth-order valence-electron chi connectivity index (χ4n) is 6.61. The van der Waals surface area contributed by atoms with E-state index in [-0.39, 0.29) is 53.8 Å². The van der Waals surface area contributed by atoms with Crippen LogP contribution >= 0.6 is 11.3 Å². The lowest BCUT2D eigenvalue weighted by Crippen LogP contribution is -2.65. The van der Waals surface area contributed by atoms with Crippen molar-refractivity contribution in [1.82, 2.24) is 25.9 Å². The summed E-state index contributed by atoms with van der Waals surface area (Å²) in [5, 5.41) is 20.1. The van der Waals surface area contributed by atoms with Gasteiger partial charge in [-0.3, -0.25) is 14.4 Å². The number of nitrogens with zero attached hydrogens (tertiary/aromatic N) is 1. The van der Waals surface area contributed by atoms with Crippen molar-refractivity contribution in [2.24, 2.45) is 11.8 Å². The molecule has 0 saturated carbocycles. The first-order valence-electron chi connectivity index (χ1n) is 17.1. The maximum Gasteiger partial charge on any atom is 0.418 e. The number of hydrogen-bond donors (Lipinski definition) is 5. The molecule has 4 aromatic rings. The number of thiazole rings is 1. The molecule has 2 heterocycles. The maximum atomic E-state index is 14.7. The molecule has 0 fully saturated rings. The number of nitrogens with one attached hydrogen (secondary N) is 4. The first-order valence-corrected chi connectivity index (χ1v) is 18.0. The van der Waals surface area contributed by atoms with Crippen molar-refractivity contribution in [2.75, 3.05) is 0 Å². The summed E-state index contributed by atoms with van der Waals surface area (Å²) in [5.74, 6) is -4.39. The van der Waals surface area contributed by atoms with Gasteiger partial charge >= 0.3 is 12.1 Å². The number of carbonyl (C=O) groups excluding carboxylic acids is 3. The number of aromatic amines is 1. The summed E-state index contributed by atoms with van der Waals surface area (Å²) in [6.07, 6.45) is -4.03. The fourth-order valence-corrected chi connectivity index (χ4v) is 7.59. The van der Waals surface area contributed by atoms with Crippen molar-refractivity contribution in [3.8, 4) is 0 Å². The van der Waals surface area contributed by atoms with Crippen LogP contribution in [-0.4, -0.2) is 50.3 Å². The van der Waals surface area contributed by atoms with Crippen LogP contribution < -0.4 is 16.0 Å². The molecule has 2 aromatic heterocycles. The summed E-state index contributed by atoms with van der Waals surface area (Å²) in [7, 11) is 0. The lowest BCUT2D eigenvalue weighted by atomic mass is 9.78. The lowest BCUT2D eigenvalue weighted by Gasteiger charge is -2.39. The summed E-state index contributed by atoms with van der Waals surface area (Å²) in [4.78, 5) is 60.9. The molecule has 278 valence electrons. The van der Waals surface area contributed by atoms with Crippen LogP contribution in [0.3, 0.4) is 0 Å². The molecule has 3 amide bonds. The quantitative estimate of drug-likeness (QED) is 0.0986. The number of carboxylic acid groups (broad SMARTS) is 1. The molecular weight excluding hydrogens is 702 g/mol. The lowest BCUT2D eigenvalue weighted by molar-refractivity contribution is -0.137. The highest BCUT2D eigenvalue weighted by Crippen LogP contribution is 2.40. The summed E-state index contributed by atoms with van der Waals surface area (Å²) < 4.78 is 56.4. The second-order valence-electron chi connectivity index (χ2n) is 13.5. The fraction of sp³-hybridized carbons (Fsp3) is 0.432. The third-order valence-electron chi connectivity index (χ3n) is 10.0. The number of rotatable bonds is 13. The van der Waals surface area contributed by atoms with Crippen molar-refractivity contribution in [3.05, 3.63) is 86.7 Å². The number of carboxylic acids is 1. The Kier molecular flexibility index (Phi) is 11.4. The molecule has 0 aliphatic heterocycles. The summed E-state index contributed by atoms with van der Waals surface area (Å²) in [6, 6.07) is 7.68. The molecule has 1 aliphatic rings. The molecule has 15 heteroatoms. The summed E-state index contributed by atoms with van der Waals surface area (Å²) in [6.45, 7) is 7.33. The molecule has 52 heavy (non-hydrogen) atoms. The Morgan fingerprint density at radius 3 is 2.37 bits per heavy atom. The Morgan fingerprint density at radius 1 is 1.02 bits per heavy atom. The summed E-state index contributed by atoms with van der Waals surface area (Å²) in [5.41, 5.74) is -1.78.